The number of ether oxygens (including phenoxy) is 3. The van der Waals surface area contributed by atoms with Crippen LogP contribution < -0.4 is 9.47 Å². The molecule has 0 saturated carbocycles. The average molecular weight is 250 g/mol. The van der Waals surface area contributed by atoms with Gasteiger partial charge in [-0.3, -0.25) is 0 Å². The molecule has 2 rings (SSSR count). The number of esters is 1. The van der Waals surface area contributed by atoms with Crippen LogP contribution in [0.4, 0.5) is 0 Å². The van der Waals surface area contributed by atoms with Crippen LogP contribution in [0.2, 0.25) is 0 Å². The van der Waals surface area contributed by atoms with Gasteiger partial charge in [0, 0.05) is 18.9 Å². The van der Waals surface area contributed by atoms with Crippen molar-refractivity contribution in [2.45, 2.75) is 26.6 Å². The molecule has 1 atom stereocenters. The van der Waals surface area contributed by atoms with Crippen LogP contribution in [-0.2, 0) is 16.0 Å². The van der Waals surface area contributed by atoms with Gasteiger partial charge in [0.2, 0.25) is 6.29 Å². The van der Waals surface area contributed by atoms with Crippen LogP contribution in [0, 0.1) is 6.92 Å². The maximum Gasteiger partial charge on any atom is 0.338 e. The lowest BCUT2D eigenvalue weighted by molar-refractivity contribution is -0.107. The molecule has 0 aromatic heterocycles. The third-order valence-electron chi connectivity index (χ3n) is 2.84. The van der Waals surface area contributed by atoms with Crippen molar-refractivity contribution in [3.63, 3.8) is 0 Å². The maximum atomic E-state index is 11.8. The Balaban J connectivity index is 2.60. The van der Waals surface area contributed by atoms with E-state index in [1.807, 2.05) is 0 Å². The highest BCUT2D eigenvalue weighted by Crippen LogP contribution is 2.41. The van der Waals surface area contributed by atoms with Crippen LogP contribution in [0.1, 0.15) is 28.4 Å². The topological polar surface area (TPSA) is 61.8 Å². The molecule has 0 radical (unpaired) electrons. The summed E-state index contributed by atoms with van der Waals surface area (Å²) in [4.78, 5) is 22.5. The Morgan fingerprint density at radius 3 is 2.83 bits per heavy atom. The number of fused-ring (bicyclic) bond motifs is 1. The molecule has 1 aromatic carbocycles. The van der Waals surface area contributed by atoms with Crippen molar-refractivity contribution in [3.8, 4) is 11.5 Å². The largest absolute Gasteiger partial charge is 0.465 e. The first-order valence-electron chi connectivity index (χ1n) is 5.60. The molecule has 0 N–H and O–H groups in total. The molecule has 0 bridgehead atoms. The predicted octanol–water partition coefficient (Wildman–Crippen LogP) is 1.64. The van der Waals surface area contributed by atoms with Crippen molar-refractivity contribution in [2.24, 2.45) is 0 Å². The van der Waals surface area contributed by atoms with Gasteiger partial charge in [0.15, 0.2) is 11.5 Å². The number of carbonyl (C=O) groups is 2. The van der Waals surface area contributed by atoms with Gasteiger partial charge in [-0.25, -0.2) is 4.79 Å². The van der Waals surface area contributed by atoms with E-state index in [1.165, 1.54) is 7.11 Å². The van der Waals surface area contributed by atoms with Crippen LogP contribution >= 0.6 is 0 Å². The van der Waals surface area contributed by atoms with E-state index in [1.54, 1.807) is 19.9 Å². The number of benzene rings is 1. The summed E-state index contributed by atoms with van der Waals surface area (Å²) in [7, 11) is 1.31. The molecule has 1 unspecified atom stereocenters. The highest BCUT2D eigenvalue weighted by atomic mass is 16.7. The summed E-state index contributed by atoms with van der Waals surface area (Å²) in [5.74, 6) is 0.623. The molecular weight excluding hydrogens is 236 g/mol. The fourth-order valence-electron chi connectivity index (χ4n) is 2.07. The summed E-state index contributed by atoms with van der Waals surface area (Å²) in [5.41, 5.74) is 1.60. The van der Waals surface area contributed by atoms with Crippen molar-refractivity contribution >= 4 is 12.3 Å². The fourth-order valence-corrected chi connectivity index (χ4v) is 2.07. The van der Waals surface area contributed by atoms with Gasteiger partial charge in [-0.1, -0.05) is 0 Å². The van der Waals surface area contributed by atoms with Gasteiger partial charge >= 0.3 is 5.97 Å². The van der Waals surface area contributed by atoms with Gasteiger partial charge in [-0.05, 0) is 18.6 Å². The third-order valence-corrected chi connectivity index (χ3v) is 2.84. The van der Waals surface area contributed by atoms with Crippen molar-refractivity contribution in [3.05, 3.63) is 22.8 Å². The lowest BCUT2D eigenvalue weighted by atomic mass is 9.98. The first kappa shape index (κ1) is 12.4. The quantitative estimate of drug-likeness (QED) is 0.603. The minimum atomic E-state index is -0.477. The Kier molecular flexibility index (Phi) is 3.23. The van der Waals surface area contributed by atoms with Gasteiger partial charge in [0.25, 0.3) is 0 Å². The van der Waals surface area contributed by atoms with E-state index in [4.69, 9.17) is 14.2 Å². The maximum absolute atomic E-state index is 11.8. The second-order valence-corrected chi connectivity index (χ2v) is 4.03. The molecule has 0 fully saturated rings. The zero-order valence-corrected chi connectivity index (χ0v) is 10.5. The number of rotatable bonds is 3. The van der Waals surface area contributed by atoms with E-state index in [0.717, 1.165) is 6.29 Å². The van der Waals surface area contributed by atoms with E-state index < -0.39 is 12.3 Å². The van der Waals surface area contributed by atoms with Crippen molar-refractivity contribution in [1.29, 1.82) is 0 Å². The Labute approximate surface area is 105 Å². The van der Waals surface area contributed by atoms with Gasteiger partial charge in [-0.15, -0.1) is 0 Å². The van der Waals surface area contributed by atoms with E-state index in [0.29, 0.717) is 28.2 Å². The summed E-state index contributed by atoms with van der Waals surface area (Å²) < 4.78 is 15.7. The highest BCUT2D eigenvalue weighted by molar-refractivity contribution is 5.95. The number of hydrogen-bond acceptors (Lipinski definition) is 5. The highest BCUT2D eigenvalue weighted by Gasteiger charge is 2.28. The second-order valence-electron chi connectivity index (χ2n) is 4.03. The first-order chi connectivity index (χ1) is 8.58. The Morgan fingerprint density at radius 2 is 2.22 bits per heavy atom. The Morgan fingerprint density at radius 1 is 1.50 bits per heavy atom. The second kappa shape index (κ2) is 4.68. The molecule has 0 amide bonds. The third kappa shape index (κ3) is 1.92. The normalized spacial score (nSPS) is 16.5. The van der Waals surface area contributed by atoms with Gasteiger partial charge < -0.3 is 19.0 Å². The summed E-state index contributed by atoms with van der Waals surface area (Å²) in [6.45, 7) is 3.51. The van der Waals surface area contributed by atoms with Crippen LogP contribution in [-0.4, -0.2) is 25.7 Å². The zero-order chi connectivity index (χ0) is 13.3. The molecule has 96 valence electrons. The number of methoxy groups -OCH3 is 1. The first-order valence-corrected chi connectivity index (χ1v) is 5.60. The molecule has 18 heavy (non-hydrogen) atoms. The van der Waals surface area contributed by atoms with E-state index in [9.17, 15) is 9.59 Å². The monoisotopic (exact) mass is 250 g/mol. The summed E-state index contributed by atoms with van der Waals surface area (Å²) >= 11 is 0. The molecular formula is C13H14O5. The van der Waals surface area contributed by atoms with Gasteiger partial charge in [0.05, 0.1) is 12.7 Å². The SMILES string of the molecule is COC(=O)c1c(CC=O)cc2c(c1C)OC(C)O2. The Bertz CT molecular complexity index is 507. The van der Waals surface area contributed by atoms with E-state index >= 15 is 0 Å². The smallest absolute Gasteiger partial charge is 0.338 e. The van der Waals surface area contributed by atoms with Crippen molar-refractivity contribution in [1.82, 2.24) is 0 Å². The standard InChI is InChI=1S/C13H14O5/c1-7-11(13(15)16-3)9(4-5-14)6-10-12(7)18-8(2)17-10/h5-6,8H,4H2,1-3H3. The van der Waals surface area contributed by atoms with Crippen LogP contribution in [0.15, 0.2) is 6.07 Å². The molecule has 1 aliphatic heterocycles. The predicted molar refractivity (Wildman–Crippen MR) is 63.0 cm³/mol. The van der Waals surface area contributed by atoms with Crippen molar-refractivity contribution in [2.75, 3.05) is 7.11 Å². The fraction of sp³-hybridized carbons (Fsp3) is 0.385. The lowest BCUT2D eigenvalue weighted by Gasteiger charge is -2.11. The summed E-state index contributed by atoms with van der Waals surface area (Å²) in [6.07, 6.45) is 0.485. The molecule has 1 aromatic rings. The average Bonchev–Trinajstić information content (AvgIpc) is 2.70. The minimum absolute atomic E-state index is 0.135. The summed E-state index contributed by atoms with van der Waals surface area (Å²) in [5, 5.41) is 0. The summed E-state index contributed by atoms with van der Waals surface area (Å²) in [6, 6.07) is 1.66. The molecule has 5 heteroatoms. The molecule has 1 heterocycles. The van der Waals surface area contributed by atoms with E-state index in [-0.39, 0.29) is 6.42 Å². The number of aldehydes is 1. The lowest BCUT2D eigenvalue weighted by Crippen LogP contribution is -2.12. The Hall–Kier alpha value is -2.04. The molecule has 1 aliphatic rings. The van der Waals surface area contributed by atoms with Gasteiger partial charge in [-0.2, -0.15) is 0 Å². The number of hydrogen-bond donors (Lipinski definition) is 0. The van der Waals surface area contributed by atoms with Crippen LogP contribution in [0.5, 0.6) is 11.5 Å². The minimum Gasteiger partial charge on any atom is -0.465 e. The van der Waals surface area contributed by atoms with Crippen molar-refractivity contribution < 1.29 is 23.8 Å². The van der Waals surface area contributed by atoms with Gasteiger partial charge in [0.1, 0.15) is 6.29 Å². The molecule has 0 spiro atoms. The zero-order valence-electron chi connectivity index (χ0n) is 10.5. The number of carbonyl (C=O) groups excluding carboxylic acids is 2. The van der Waals surface area contributed by atoms with Crippen LogP contribution in [0.3, 0.4) is 0 Å². The molecule has 5 nitrogen and oxygen atoms in total. The van der Waals surface area contributed by atoms with Crippen LogP contribution in [0.25, 0.3) is 0 Å². The molecule has 0 saturated heterocycles. The molecule has 0 aliphatic carbocycles. The van der Waals surface area contributed by atoms with E-state index in [2.05, 4.69) is 0 Å².